The second kappa shape index (κ2) is 3.74. The summed E-state index contributed by atoms with van der Waals surface area (Å²) in [6.07, 6.45) is 1.25. The van der Waals surface area contributed by atoms with Crippen molar-refractivity contribution in [3.05, 3.63) is 30.2 Å². The molecule has 0 spiro atoms. The van der Waals surface area contributed by atoms with E-state index in [1.807, 2.05) is 0 Å². The molecular formula is C10H8N2O4. The van der Waals surface area contributed by atoms with E-state index >= 15 is 0 Å². The molecule has 6 nitrogen and oxygen atoms in total. The van der Waals surface area contributed by atoms with E-state index in [4.69, 9.17) is 15.3 Å². The highest BCUT2D eigenvalue weighted by molar-refractivity contribution is 6.12. The number of aliphatic carboxylic acids is 1. The Hall–Kier alpha value is -2.21. The second-order valence-electron chi connectivity index (χ2n) is 3.22. The maximum absolute atomic E-state index is 11.6. The van der Waals surface area contributed by atoms with Crippen molar-refractivity contribution >= 4 is 22.9 Å². The van der Waals surface area contributed by atoms with Gasteiger partial charge in [0.15, 0.2) is 23.8 Å². The van der Waals surface area contributed by atoms with Crippen LogP contribution in [0.1, 0.15) is 10.4 Å². The summed E-state index contributed by atoms with van der Waals surface area (Å²) in [5, 5.41) is 8.61. The number of carbonyl (C=O) groups excluding carboxylic acids is 1. The molecule has 0 bridgehead atoms. The van der Waals surface area contributed by atoms with Crippen LogP contribution in [0.5, 0.6) is 0 Å². The number of oxazole rings is 1. The van der Waals surface area contributed by atoms with Crippen molar-refractivity contribution in [2.45, 2.75) is 6.04 Å². The van der Waals surface area contributed by atoms with E-state index in [2.05, 4.69) is 4.98 Å². The number of fused-ring (bicyclic) bond motifs is 1. The first-order valence-electron chi connectivity index (χ1n) is 4.45. The summed E-state index contributed by atoms with van der Waals surface area (Å²) in [5.74, 6) is -2.02. The summed E-state index contributed by atoms with van der Waals surface area (Å²) < 4.78 is 5.00. The number of benzene rings is 1. The van der Waals surface area contributed by atoms with Crippen LogP contribution in [0.15, 0.2) is 29.0 Å². The van der Waals surface area contributed by atoms with Gasteiger partial charge in [-0.3, -0.25) is 9.59 Å². The third-order valence-electron chi connectivity index (χ3n) is 2.16. The molecule has 0 radical (unpaired) electrons. The van der Waals surface area contributed by atoms with Crippen LogP contribution in [0, 0.1) is 0 Å². The molecule has 1 heterocycles. The molecule has 0 aliphatic carbocycles. The largest absolute Gasteiger partial charge is 0.480 e. The number of nitrogens with two attached hydrogens (primary N) is 1. The maximum Gasteiger partial charge on any atom is 0.328 e. The molecule has 0 fully saturated rings. The molecule has 0 saturated heterocycles. The Morgan fingerprint density at radius 3 is 2.88 bits per heavy atom. The minimum absolute atomic E-state index is 0.194. The van der Waals surface area contributed by atoms with Gasteiger partial charge in [-0.05, 0) is 18.2 Å². The van der Waals surface area contributed by atoms with E-state index in [0.29, 0.717) is 11.1 Å². The number of aromatic nitrogens is 1. The van der Waals surface area contributed by atoms with E-state index in [9.17, 15) is 9.59 Å². The molecule has 1 atom stereocenters. The monoisotopic (exact) mass is 220 g/mol. The summed E-state index contributed by atoms with van der Waals surface area (Å²) in [6, 6.07) is 2.91. The molecular weight excluding hydrogens is 212 g/mol. The van der Waals surface area contributed by atoms with Gasteiger partial charge in [0, 0.05) is 5.56 Å². The first kappa shape index (κ1) is 10.3. The number of rotatable bonds is 3. The predicted molar refractivity (Wildman–Crippen MR) is 54.0 cm³/mol. The van der Waals surface area contributed by atoms with Crippen molar-refractivity contribution in [2.75, 3.05) is 0 Å². The highest BCUT2D eigenvalue weighted by atomic mass is 16.4. The Labute approximate surface area is 89.7 Å². The van der Waals surface area contributed by atoms with Crippen molar-refractivity contribution in [2.24, 2.45) is 5.73 Å². The molecule has 0 aliphatic heterocycles. The van der Waals surface area contributed by atoms with Gasteiger partial charge in [-0.25, -0.2) is 4.98 Å². The van der Waals surface area contributed by atoms with Gasteiger partial charge in [0.2, 0.25) is 0 Å². The lowest BCUT2D eigenvalue weighted by atomic mass is 10.0. The molecule has 82 valence electrons. The summed E-state index contributed by atoms with van der Waals surface area (Å²) in [5.41, 5.74) is 6.43. The molecule has 1 aromatic heterocycles. The highest BCUT2D eigenvalue weighted by Crippen LogP contribution is 2.15. The Kier molecular flexibility index (Phi) is 2.41. The number of carboxylic acid groups (broad SMARTS) is 1. The molecule has 2 aromatic rings. The SMILES string of the molecule is NC(C(=O)O)C(=O)c1ccc2ncoc2c1. The fourth-order valence-corrected chi connectivity index (χ4v) is 1.30. The van der Waals surface area contributed by atoms with Crippen LogP contribution in [0.3, 0.4) is 0 Å². The van der Waals surface area contributed by atoms with Crippen molar-refractivity contribution in [3.63, 3.8) is 0 Å². The smallest absolute Gasteiger partial charge is 0.328 e. The average molecular weight is 220 g/mol. The van der Waals surface area contributed by atoms with Crippen LogP contribution in [0.2, 0.25) is 0 Å². The molecule has 3 N–H and O–H groups in total. The highest BCUT2D eigenvalue weighted by Gasteiger charge is 2.23. The maximum atomic E-state index is 11.6. The molecule has 16 heavy (non-hydrogen) atoms. The summed E-state index contributed by atoms with van der Waals surface area (Å²) in [7, 11) is 0. The minimum atomic E-state index is -1.56. The zero-order valence-electron chi connectivity index (χ0n) is 8.08. The summed E-state index contributed by atoms with van der Waals surface area (Å²) in [6.45, 7) is 0. The standard InChI is InChI=1S/C10H8N2O4/c11-8(10(14)15)9(13)5-1-2-6-7(3-5)16-4-12-6/h1-4,8H,11H2,(H,14,15). The van der Waals surface area contributed by atoms with Crippen LogP contribution in [-0.2, 0) is 4.79 Å². The molecule has 6 heteroatoms. The van der Waals surface area contributed by atoms with Crippen molar-refractivity contribution in [3.8, 4) is 0 Å². The van der Waals surface area contributed by atoms with Crippen molar-refractivity contribution < 1.29 is 19.1 Å². The van der Waals surface area contributed by atoms with Crippen LogP contribution >= 0.6 is 0 Å². The molecule has 0 amide bonds. The third kappa shape index (κ3) is 1.66. The Morgan fingerprint density at radius 2 is 2.19 bits per heavy atom. The first-order chi connectivity index (χ1) is 7.59. The third-order valence-corrected chi connectivity index (χ3v) is 2.16. The zero-order valence-corrected chi connectivity index (χ0v) is 8.08. The van der Waals surface area contributed by atoms with Gasteiger partial charge in [0.05, 0.1) is 0 Å². The zero-order chi connectivity index (χ0) is 11.7. The van der Waals surface area contributed by atoms with E-state index in [1.165, 1.54) is 18.5 Å². The van der Waals surface area contributed by atoms with Crippen LogP contribution in [-0.4, -0.2) is 27.9 Å². The Balaban J connectivity index is 2.39. The van der Waals surface area contributed by atoms with Crippen molar-refractivity contribution in [1.29, 1.82) is 0 Å². The lowest BCUT2D eigenvalue weighted by Gasteiger charge is -2.04. The number of nitrogens with zero attached hydrogens (tertiary/aromatic N) is 1. The lowest BCUT2D eigenvalue weighted by molar-refractivity contribution is -0.137. The number of carbonyl (C=O) groups is 2. The second-order valence-corrected chi connectivity index (χ2v) is 3.22. The predicted octanol–water partition coefficient (Wildman–Crippen LogP) is 0.422. The lowest BCUT2D eigenvalue weighted by Crippen LogP contribution is -2.38. The fourth-order valence-electron chi connectivity index (χ4n) is 1.30. The normalized spacial score (nSPS) is 12.6. The molecule has 0 aliphatic rings. The van der Waals surface area contributed by atoms with Gasteiger partial charge in [-0.15, -0.1) is 0 Å². The quantitative estimate of drug-likeness (QED) is 0.573. The molecule has 1 aromatic carbocycles. The van der Waals surface area contributed by atoms with Crippen LogP contribution < -0.4 is 5.73 Å². The molecule has 0 saturated carbocycles. The Morgan fingerprint density at radius 1 is 1.44 bits per heavy atom. The van der Waals surface area contributed by atoms with Crippen LogP contribution in [0.25, 0.3) is 11.1 Å². The van der Waals surface area contributed by atoms with Gasteiger partial charge < -0.3 is 15.3 Å². The topological polar surface area (TPSA) is 106 Å². The van der Waals surface area contributed by atoms with Gasteiger partial charge in [-0.2, -0.15) is 0 Å². The number of Topliss-reactive ketones (excluding diaryl/α,β-unsaturated/α-hetero) is 1. The van der Waals surface area contributed by atoms with Crippen LogP contribution in [0.4, 0.5) is 0 Å². The van der Waals surface area contributed by atoms with Gasteiger partial charge >= 0.3 is 5.97 Å². The van der Waals surface area contributed by atoms with Gasteiger partial charge in [0.25, 0.3) is 0 Å². The summed E-state index contributed by atoms with van der Waals surface area (Å²) >= 11 is 0. The van der Waals surface area contributed by atoms with E-state index in [0.717, 1.165) is 0 Å². The average Bonchev–Trinajstić information content (AvgIpc) is 2.73. The summed E-state index contributed by atoms with van der Waals surface area (Å²) in [4.78, 5) is 26.0. The number of ketones is 1. The van der Waals surface area contributed by atoms with E-state index in [-0.39, 0.29) is 5.56 Å². The van der Waals surface area contributed by atoms with E-state index in [1.54, 1.807) is 6.07 Å². The number of carboxylic acids is 1. The van der Waals surface area contributed by atoms with Crippen molar-refractivity contribution in [1.82, 2.24) is 4.98 Å². The van der Waals surface area contributed by atoms with E-state index < -0.39 is 17.8 Å². The number of hydrogen-bond acceptors (Lipinski definition) is 5. The van der Waals surface area contributed by atoms with Gasteiger partial charge in [0.1, 0.15) is 5.52 Å². The van der Waals surface area contributed by atoms with Gasteiger partial charge in [-0.1, -0.05) is 0 Å². The first-order valence-corrected chi connectivity index (χ1v) is 4.45. The number of hydrogen-bond donors (Lipinski definition) is 2. The molecule has 1 unspecified atom stereocenters. The molecule has 2 rings (SSSR count). The Bertz CT molecular complexity index is 561. The minimum Gasteiger partial charge on any atom is -0.480 e. The fraction of sp³-hybridized carbons (Fsp3) is 0.100.